The Bertz CT molecular complexity index is 820. The van der Waals surface area contributed by atoms with Crippen molar-refractivity contribution >= 4 is 21.6 Å². The molecule has 0 saturated carbocycles. The fraction of sp³-hybridized carbons (Fsp3) is 0.316. The standard InChI is InChI=1S/C19H24N2O4S/c1-15(19(22)20-14-13-16-7-5-4-6-8-16)25-18-11-9-17(10-12-18)21(2)26(3,23)24/h4-12,15H,13-14H2,1-3H3,(H,20,22)/t15-/m1/s1. The minimum Gasteiger partial charge on any atom is -0.481 e. The van der Waals surface area contributed by atoms with Crippen LogP contribution in [-0.2, 0) is 21.2 Å². The summed E-state index contributed by atoms with van der Waals surface area (Å²) in [5.41, 5.74) is 1.69. The lowest BCUT2D eigenvalue weighted by Gasteiger charge is -2.18. The number of ether oxygens (including phenoxy) is 1. The van der Waals surface area contributed by atoms with Crippen LogP contribution in [0.15, 0.2) is 54.6 Å². The van der Waals surface area contributed by atoms with Crippen molar-refractivity contribution in [1.29, 1.82) is 0 Å². The summed E-state index contributed by atoms with van der Waals surface area (Å²) in [5, 5.41) is 2.85. The molecule has 2 rings (SSSR count). The number of anilines is 1. The van der Waals surface area contributed by atoms with E-state index < -0.39 is 16.1 Å². The van der Waals surface area contributed by atoms with Crippen molar-refractivity contribution in [1.82, 2.24) is 5.32 Å². The Morgan fingerprint density at radius 2 is 1.73 bits per heavy atom. The second-order valence-corrected chi connectivity index (χ2v) is 8.02. The molecule has 2 aromatic rings. The van der Waals surface area contributed by atoms with E-state index in [2.05, 4.69) is 5.32 Å². The van der Waals surface area contributed by atoms with Crippen LogP contribution in [0.2, 0.25) is 0 Å². The number of nitrogens with zero attached hydrogens (tertiary/aromatic N) is 1. The third-order valence-corrected chi connectivity index (χ3v) is 5.14. The van der Waals surface area contributed by atoms with E-state index in [1.165, 1.54) is 11.4 Å². The molecule has 0 spiro atoms. The van der Waals surface area contributed by atoms with Gasteiger partial charge in [-0.15, -0.1) is 0 Å². The summed E-state index contributed by atoms with van der Waals surface area (Å²) in [7, 11) is -1.83. The average Bonchev–Trinajstić information content (AvgIpc) is 2.61. The number of hydrogen-bond acceptors (Lipinski definition) is 4. The molecule has 0 fully saturated rings. The maximum Gasteiger partial charge on any atom is 0.260 e. The fourth-order valence-corrected chi connectivity index (χ4v) is 2.81. The van der Waals surface area contributed by atoms with E-state index in [9.17, 15) is 13.2 Å². The lowest BCUT2D eigenvalue weighted by molar-refractivity contribution is -0.127. The van der Waals surface area contributed by atoms with Crippen molar-refractivity contribution < 1.29 is 17.9 Å². The summed E-state index contributed by atoms with van der Waals surface area (Å²) in [5.74, 6) is 0.305. The van der Waals surface area contributed by atoms with Gasteiger partial charge in [-0.05, 0) is 43.2 Å². The smallest absolute Gasteiger partial charge is 0.260 e. The Balaban J connectivity index is 1.84. The van der Waals surface area contributed by atoms with Gasteiger partial charge in [0.05, 0.1) is 11.9 Å². The Morgan fingerprint density at radius 1 is 1.12 bits per heavy atom. The van der Waals surface area contributed by atoms with Crippen molar-refractivity contribution in [3.8, 4) is 5.75 Å². The van der Waals surface area contributed by atoms with Crippen LogP contribution >= 0.6 is 0 Å². The second kappa shape index (κ2) is 8.71. The van der Waals surface area contributed by atoms with Crippen molar-refractivity contribution in [2.45, 2.75) is 19.4 Å². The number of nitrogens with one attached hydrogen (secondary N) is 1. The highest BCUT2D eigenvalue weighted by molar-refractivity contribution is 7.92. The van der Waals surface area contributed by atoms with Gasteiger partial charge in [0.25, 0.3) is 5.91 Å². The molecule has 0 aliphatic carbocycles. The first kappa shape index (κ1) is 19.8. The number of hydrogen-bond donors (Lipinski definition) is 1. The largest absolute Gasteiger partial charge is 0.481 e. The highest BCUT2D eigenvalue weighted by Gasteiger charge is 2.15. The van der Waals surface area contributed by atoms with Gasteiger partial charge in [-0.2, -0.15) is 0 Å². The van der Waals surface area contributed by atoms with Crippen LogP contribution in [0.5, 0.6) is 5.75 Å². The highest BCUT2D eigenvalue weighted by Crippen LogP contribution is 2.21. The molecule has 0 heterocycles. The van der Waals surface area contributed by atoms with Crippen molar-refractivity contribution in [2.75, 3.05) is 24.2 Å². The van der Waals surface area contributed by atoms with Crippen molar-refractivity contribution in [2.24, 2.45) is 0 Å². The monoisotopic (exact) mass is 376 g/mol. The van der Waals surface area contributed by atoms with E-state index >= 15 is 0 Å². The zero-order valence-electron chi connectivity index (χ0n) is 15.2. The van der Waals surface area contributed by atoms with Crippen molar-refractivity contribution in [3.05, 3.63) is 60.2 Å². The molecule has 0 bridgehead atoms. The average molecular weight is 376 g/mol. The normalized spacial score (nSPS) is 12.3. The van der Waals surface area contributed by atoms with E-state index in [0.717, 1.165) is 18.2 Å². The molecule has 0 aromatic heterocycles. The number of amides is 1. The molecule has 1 N–H and O–H groups in total. The lowest BCUT2D eigenvalue weighted by atomic mass is 10.1. The first-order valence-corrected chi connectivity index (χ1v) is 10.1. The van der Waals surface area contributed by atoms with Gasteiger partial charge >= 0.3 is 0 Å². The summed E-state index contributed by atoms with van der Waals surface area (Å²) in [4.78, 5) is 12.1. The summed E-state index contributed by atoms with van der Waals surface area (Å²) >= 11 is 0. The van der Waals surface area contributed by atoms with Crippen LogP contribution in [-0.4, -0.2) is 40.3 Å². The summed E-state index contributed by atoms with van der Waals surface area (Å²) in [6.45, 7) is 2.21. The maximum atomic E-state index is 12.1. The van der Waals surface area contributed by atoms with Gasteiger partial charge in [0.2, 0.25) is 10.0 Å². The molecule has 0 aliphatic heterocycles. The molecule has 2 aromatic carbocycles. The number of benzene rings is 2. The first-order chi connectivity index (χ1) is 12.3. The molecule has 1 atom stereocenters. The summed E-state index contributed by atoms with van der Waals surface area (Å²) in [6, 6.07) is 16.5. The van der Waals surface area contributed by atoms with E-state index in [0.29, 0.717) is 18.0 Å². The van der Waals surface area contributed by atoms with E-state index in [1.54, 1.807) is 31.2 Å². The Morgan fingerprint density at radius 3 is 2.31 bits per heavy atom. The molecule has 0 radical (unpaired) electrons. The van der Waals surface area contributed by atoms with Gasteiger partial charge in [-0.25, -0.2) is 8.42 Å². The zero-order valence-corrected chi connectivity index (χ0v) is 16.0. The van der Waals surface area contributed by atoms with Gasteiger partial charge in [0.15, 0.2) is 6.10 Å². The first-order valence-electron chi connectivity index (χ1n) is 8.29. The fourth-order valence-electron chi connectivity index (χ4n) is 2.30. The third-order valence-electron chi connectivity index (χ3n) is 3.94. The van der Waals surface area contributed by atoms with E-state index in [-0.39, 0.29) is 5.91 Å². The Kier molecular flexibility index (Phi) is 6.63. The van der Waals surface area contributed by atoms with Crippen LogP contribution in [0, 0.1) is 0 Å². The lowest BCUT2D eigenvalue weighted by Crippen LogP contribution is -2.37. The molecule has 0 aliphatic rings. The quantitative estimate of drug-likeness (QED) is 0.766. The molecular formula is C19H24N2O4S. The number of sulfonamides is 1. The van der Waals surface area contributed by atoms with Crippen molar-refractivity contribution in [3.63, 3.8) is 0 Å². The molecule has 7 heteroatoms. The number of carbonyl (C=O) groups is 1. The Hall–Kier alpha value is -2.54. The summed E-state index contributed by atoms with van der Waals surface area (Å²) < 4.78 is 29.9. The van der Waals surface area contributed by atoms with Crippen LogP contribution < -0.4 is 14.4 Å². The molecule has 140 valence electrons. The van der Waals surface area contributed by atoms with E-state index in [4.69, 9.17) is 4.74 Å². The van der Waals surface area contributed by atoms with E-state index in [1.807, 2.05) is 30.3 Å². The molecule has 26 heavy (non-hydrogen) atoms. The molecule has 0 saturated heterocycles. The highest BCUT2D eigenvalue weighted by atomic mass is 32.2. The summed E-state index contributed by atoms with van der Waals surface area (Å²) in [6.07, 6.45) is 1.25. The minimum absolute atomic E-state index is 0.196. The predicted molar refractivity (Wildman–Crippen MR) is 103 cm³/mol. The number of carbonyl (C=O) groups excluding carboxylic acids is 1. The van der Waals surface area contributed by atoms with Crippen LogP contribution in [0.4, 0.5) is 5.69 Å². The van der Waals surface area contributed by atoms with Gasteiger partial charge in [-0.1, -0.05) is 30.3 Å². The molecule has 6 nitrogen and oxygen atoms in total. The maximum absolute atomic E-state index is 12.1. The molecule has 0 unspecified atom stereocenters. The number of rotatable bonds is 8. The molecular weight excluding hydrogens is 352 g/mol. The van der Waals surface area contributed by atoms with Gasteiger partial charge in [0, 0.05) is 13.6 Å². The van der Waals surface area contributed by atoms with Crippen LogP contribution in [0.1, 0.15) is 12.5 Å². The zero-order chi connectivity index (χ0) is 19.2. The Labute approximate surface area is 154 Å². The van der Waals surface area contributed by atoms with Crippen LogP contribution in [0.3, 0.4) is 0 Å². The predicted octanol–water partition coefficient (Wildman–Crippen LogP) is 2.21. The SMILES string of the molecule is C[C@@H](Oc1ccc(N(C)S(C)(=O)=O)cc1)C(=O)NCCc1ccccc1. The van der Waals surface area contributed by atoms with Crippen LogP contribution in [0.25, 0.3) is 0 Å². The topological polar surface area (TPSA) is 75.7 Å². The molecule has 1 amide bonds. The third kappa shape index (κ3) is 5.77. The second-order valence-electron chi connectivity index (χ2n) is 6.01. The van der Waals surface area contributed by atoms with Gasteiger partial charge in [-0.3, -0.25) is 9.10 Å². The van der Waals surface area contributed by atoms with Gasteiger partial charge < -0.3 is 10.1 Å². The van der Waals surface area contributed by atoms with Gasteiger partial charge in [0.1, 0.15) is 5.75 Å². The minimum atomic E-state index is -3.31.